The van der Waals surface area contributed by atoms with Crippen molar-refractivity contribution < 1.29 is 24.0 Å². The van der Waals surface area contributed by atoms with Gasteiger partial charge in [0.25, 0.3) is 0 Å². The first-order valence-electron chi connectivity index (χ1n) is 11.5. The molecule has 0 radical (unpaired) electrons. The molecular formula is C28H25ClN2O5S. The molecule has 0 aliphatic carbocycles. The third kappa shape index (κ3) is 6.93. The van der Waals surface area contributed by atoms with Crippen LogP contribution in [-0.4, -0.2) is 22.3 Å². The Hall–Kier alpha value is -3.75. The number of anilines is 1. The van der Waals surface area contributed by atoms with E-state index in [2.05, 4.69) is 10.5 Å². The lowest BCUT2D eigenvalue weighted by Crippen LogP contribution is -2.17. The summed E-state index contributed by atoms with van der Waals surface area (Å²) in [6, 6.07) is 22.6. The van der Waals surface area contributed by atoms with E-state index >= 15 is 0 Å². The smallest absolute Gasteiger partial charge is 0.412 e. The Bertz CT molecular complexity index is 1390. The number of aliphatic carboxylic acids is 1. The minimum absolute atomic E-state index is 0.0168. The van der Waals surface area contributed by atoms with E-state index in [0.717, 1.165) is 27.3 Å². The summed E-state index contributed by atoms with van der Waals surface area (Å²) < 4.78 is 10.9. The van der Waals surface area contributed by atoms with Crippen LogP contribution in [-0.2, 0) is 21.7 Å². The number of carboxylic acids is 1. The number of aryl methyl sites for hydroxylation is 1. The maximum absolute atomic E-state index is 12.6. The molecule has 0 aliphatic rings. The number of amides is 1. The SMILES string of the molecule is Cc1onc(-c2ccc(CSc3ccc(CC(=O)O)cc3)cc2)c1NC(=O)OC(C)c1ccccc1Cl. The van der Waals surface area contributed by atoms with Gasteiger partial charge in [0.15, 0.2) is 5.76 Å². The second kappa shape index (κ2) is 12.0. The first-order valence-corrected chi connectivity index (χ1v) is 12.9. The number of aromatic nitrogens is 1. The largest absolute Gasteiger partial charge is 0.481 e. The molecule has 0 aliphatic heterocycles. The molecule has 37 heavy (non-hydrogen) atoms. The normalized spacial score (nSPS) is 11.6. The van der Waals surface area contributed by atoms with Crippen LogP contribution in [0.15, 0.2) is 82.2 Å². The van der Waals surface area contributed by atoms with Crippen LogP contribution >= 0.6 is 23.4 Å². The highest BCUT2D eigenvalue weighted by Crippen LogP contribution is 2.32. The number of carboxylic acid groups (broad SMARTS) is 1. The number of nitrogens with one attached hydrogen (secondary N) is 1. The molecule has 0 fully saturated rings. The summed E-state index contributed by atoms with van der Waals surface area (Å²) in [6.07, 6.45) is -1.16. The minimum atomic E-state index is -0.843. The van der Waals surface area contributed by atoms with Gasteiger partial charge in [-0.15, -0.1) is 11.8 Å². The van der Waals surface area contributed by atoms with Crippen LogP contribution in [0.3, 0.4) is 0 Å². The molecule has 3 aromatic carbocycles. The van der Waals surface area contributed by atoms with Gasteiger partial charge in [-0.2, -0.15) is 0 Å². The van der Waals surface area contributed by atoms with Crippen molar-refractivity contribution in [1.82, 2.24) is 5.16 Å². The van der Waals surface area contributed by atoms with Gasteiger partial charge in [-0.05, 0) is 43.2 Å². The minimum Gasteiger partial charge on any atom is -0.481 e. The van der Waals surface area contributed by atoms with Gasteiger partial charge in [-0.25, -0.2) is 4.79 Å². The molecule has 0 spiro atoms. The molecule has 0 bridgehead atoms. The highest BCUT2D eigenvalue weighted by molar-refractivity contribution is 7.98. The number of hydrogen-bond donors (Lipinski definition) is 2. The quantitative estimate of drug-likeness (QED) is 0.213. The van der Waals surface area contributed by atoms with E-state index in [1.165, 1.54) is 0 Å². The molecule has 4 aromatic rings. The van der Waals surface area contributed by atoms with E-state index in [4.69, 9.17) is 26.0 Å². The van der Waals surface area contributed by atoms with E-state index in [1.54, 1.807) is 31.7 Å². The number of carbonyl (C=O) groups is 2. The van der Waals surface area contributed by atoms with E-state index in [1.807, 2.05) is 66.7 Å². The van der Waals surface area contributed by atoms with Crippen molar-refractivity contribution in [3.63, 3.8) is 0 Å². The number of halogens is 1. The lowest BCUT2D eigenvalue weighted by atomic mass is 10.1. The molecule has 7 nitrogen and oxygen atoms in total. The molecule has 190 valence electrons. The van der Waals surface area contributed by atoms with Crippen molar-refractivity contribution in [2.24, 2.45) is 0 Å². The highest BCUT2D eigenvalue weighted by Gasteiger charge is 2.20. The first-order chi connectivity index (χ1) is 17.8. The summed E-state index contributed by atoms with van der Waals surface area (Å²) >= 11 is 7.87. The molecular weight excluding hydrogens is 512 g/mol. The van der Waals surface area contributed by atoms with Crippen LogP contribution in [0.4, 0.5) is 10.5 Å². The van der Waals surface area contributed by atoms with Crippen LogP contribution in [0.5, 0.6) is 0 Å². The standard InChI is InChI=1S/C28H25ClN2O5S/c1-17(23-5-3-4-6-24(23)29)35-28(34)30-26-18(2)36-31-27(26)21-11-7-20(8-12-21)16-37-22-13-9-19(10-14-22)15-25(32)33/h3-14,17H,15-16H2,1-2H3,(H,30,34)(H,32,33). The topological polar surface area (TPSA) is 102 Å². The number of nitrogens with zero attached hydrogens (tertiary/aromatic N) is 1. The van der Waals surface area contributed by atoms with Gasteiger partial charge >= 0.3 is 12.1 Å². The van der Waals surface area contributed by atoms with Crippen LogP contribution < -0.4 is 5.32 Å². The van der Waals surface area contributed by atoms with Gasteiger partial charge in [0, 0.05) is 26.8 Å². The molecule has 2 N–H and O–H groups in total. The van der Waals surface area contributed by atoms with Crippen molar-refractivity contribution in [1.29, 1.82) is 0 Å². The maximum Gasteiger partial charge on any atom is 0.412 e. The van der Waals surface area contributed by atoms with Gasteiger partial charge in [-0.1, -0.05) is 71.4 Å². The van der Waals surface area contributed by atoms with Crippen molar-refractivity contribution in [3.05, 3.63) is 100 Å². The monoisotopic (exact) mass is 536 g/mol. The average Bonchev–Trinajstić information content (AvgIpc) is 3.23. The van der Waals surface area contributed by atoms with Crippen molar-refractivity contribution in [2.75, 3.05) is 5.32 Å². The van der Waals surface area contributed by atoms with E-state index in [-0.39, 0.29) is 6.42 Å². The second-order valence-electron chi connectivity index (χ2n) is 8.36. The third-order valence-electron chi connectivity index (χ3n) is 5.63. The zero-order valence-corrected chi connectivity index (χ0v) is 21.8. The third-order valence-corrected chi connectivity index (χ3v) is 7.06. The lowest BCUT2D eigenvalue weighted by molar-refractivity contribution is -0.136. The molecule has 9 heteroatoms. The van der Waals surface area contributed by atoms with Crippen molar-refractivity contribution in [2.45, 2.75) is 37.0 Å². The summed E-state index contributed by atoms with van der Waals surface area (Å²) in [6.45, 7) is 3.47. The molecule has 1 amide bonds. The maximum atomic E-state index is 12.6. The zero-order chi connectivity index (χ0) is 26.4. The second-order valence-corrected chi connectivity index (χ2v) is 9.81. The highest BCUT2D eigenvalue weighted by atomic mass is 35.5. The Morgan fingerprint density at radius 1 is 1.05 bits per heavy atom. The van der Waals surface area contributed by atoms with Gasteiger partial charge in [-0.3, -0.25) is 10.1 Å². The van der Waals surface area contributed by atoms with Crippen molar-refractivity contribution >= 4 is 41.1 Å². The lowest BCUT2D eigenvalue weighted by Gasteiger charge is -2.15. The summed E-state index contributed by atoms with van der Waals surface area (Å²) in [5, 5.41) is 16.3. The molecule has 1 aromatic heterocycles. The molecule has 1 unspecified atom stereocenters. The summed E-state index contributed by atoms with van der Waals surface area (Å²) in [5.41, 5.74) is 4.33. The Morgan fingerprint density at radius 2 is 1.73 bits per heavy atom. The fraction of sp³-hybridized carbons (Fsp3) is 0.179. The van der Waals surface area contributed by atoms with Crippen LogP contribution in [0.2, 0.25) is 5.02 Å². The van der Waals surface area contributed by atoms with Gasteiger partial charge in [0.05, 0.1) is 6.42 Å². The number of carbonyl (C=O) groups excluding carboxylic acids is 1. The van der Waals surface area contributed by atoms with Crippen LogP contribution in [0.25, 0.3) is 11.3 Å². The van der Waals surface area contributed by atoms with E-state index < -0.39 is 18.2 Å². The Labute approximate surface area is 223 Å². The fourth-order valence-electron chi connectivity index (χ4n) is 3.68. The van der Waals surface area contributed by atoms with Gasteiger partial charge < -0.3 is 14.4 Å². The van der Waals surface area contributed by atoms with Gasteiger partial charge in [0.2, 0.25) is 0 Å². The average molecular weight is 537 g/mol. The number of thioether (sulfide) groups is 1. The molecule has 1 atom stereocenters. The molecule has 0 saturated heterocycles. The summed E-state index contributed by atoms with van der Waals surface area (Å²) in [7, 11) is 0. The number of benzene rings is 3. The van der Waals surface area contributed by atoms with E-state index in [9.17, 15) is 9.59 Å². The zero-order valence-electron chi connectivity index (χ0n) is 20.2. The fourth-order valence-corrected chi connectivity index (χ4v) is 4.82. The Morgan fingerprint density at radius 3 is 2.41 bits per heavy atom. The predicted octanol–water partition coefficient (Wildman–Crippen LogP) is 7.53. The van der Waals surface area contributed by atoms with Gasteiger partial charge in [0.1, 0.15) is 17.5 Å². The summed E-state index contributed by atoms with van der Waals surface area (Å²) in [5.74, 6) is 0.362. The first kappa shape index (κ1) is 26.3. The summed E-state index contributed by atoms with van der Waals surface area (Å²) in [4.78, 5) is 24.5. The Balaban J connectivity index is 1.38. The number of ether oxygens (including phenoxy) is 1. The van der Waals surface area contributed by atoms with Crippen molar-refractivity contribution in [3.8, 4) is 11.3 Å². The van der Waals surface area contributed by atoms with E-state index in [0.29, 0.717) is 27.7 Å². The molecule has 0 saturated carbocycles. The molecule has 1 heterocycles. The predicted molar refractivity (Wildman–Crippen MR) is 144 cm³/mol. The number of rotatable bonds is 9. The van der Waals surface area contributed by atoms with Crippen LogP contribution in [0.1, 0.15) is 35.5 Å². The number of hydrogen-bond acceptors (Lipinski definition) is 6. The molecule has 4 rings (SSSR count). The van der Waals surface area contributed by atoms with Crippen LogP contribution in [0, 0.1) is 6.92 Å². The Kier molecular flexibility index (Phi) is 8.53.